The first-order chi connectivity index (χ1) is 12.5. The van der Waals surface area contributed by atoms with Gasteiger partial charge < -0.3 is 10.5 Å². The summed E-state index contributed by atoms with van der Waals surface area (Å²) in [5.74, 6) is -0.383. The summed E-state index contributed by atoms with van der Waals surface area (Å²) in [7, 11) is -3.63. The number of rotatable bonds is 6. The second-order valence-corrected chi connectivity index (χ2v) is 9.11. The van der Waals surface area contributed by atoms with Crippen molar-refractivity contribution in [3.8, 4) is 0 Å². The molecule has 27 heavy (non-hydrogen) atoms. The van der Waals surface area contributed by atoms with E-state index >= 15 is 0 Å². The fourth-order valence-electron chi connectivity index (χ4n) is 2.46. The third-order valence-corrected chi connectivity index (χ3v) is 5.40. The standard InChI is InChI=1S/C20H26N2O4S/c1-14-5-10-17(21)13-18(14)27(24,25)22-12-11-15-6-8-16(9-7-15)19(23)26-20(2,3)4/h5-10,13,22H,11-12,21H2,1-4H3. The van der Waals surface area contributed by atoms with Gasteiger partial charge in [-0.15, -0.1) is 0 Å². The number of hydrogen-bond donors (Lipinski definition) is 2. The van der Waals surface area contributed by atoms with Gasteiger partial charge in [0.1, 0.15) is 5.60 Å². The van der Waals surface area contributed by atoms with E-state index in [0.29, 0.717) is 23.2 Å². The van der Waals surface area contributed by atoms with Gasteiger partial charge in [0.25, 0.3) is 0 Å². The molecule has 0 heterocycles. The molecule has 0 aliphatic heterocycles. The zero-order chi connectivity index (χ0) is 20.2. The van der Waals surface area contributed by atoms with E-state index in [2.05, 4.69) is 4.72 Å². The average molecular weight is 391 g/mol. The zero-order valence-electron chi connectivity index (χ0n) is 16.1. The van der Waals surface area contributed by atoms with Crippen molar-refractivity contribution in [3.05, 3.63) is 59.2 Å². The van der Waals surface area contributed by atoms with Crippen LogP contribution in [-0.2, 0) is 21.2 Å². The smallest absolute Gasteiger partial charge is 0.338 e. The fraction of sp³-hybridized carbons (Fsp3) is 0.350. The summed E-state index contributed by atoms with van der Waals surface area (Å²) >= 11 is 0. The molecule has 3 N–H and O–H groups in total. The Morgan fingerprint density at radius 2 is 1.74 bits per heavy atom. The normalized spacial score (nSPS) is 12.0. The van der Waals surface area contributed by atoms with Crippen LogP contribution >= 0.6 is 0 Å². The van der Waals surface area contributed by atoms with Crippen molar-refractivity contribution in [1.82, 2.24) is 4.72 Å². The van der Waals surface area contributed by atoms with E-state index in [0.717, 1.165) is 5.56 Å². The van der Waals surface area contributed by atoms with E-state index < -0.39 is 15.6 Å². The van der Waals surface area contributed by atoms with Crippen molar-refractivity contribution >= 4 is 21.7 Å². The molecule has 7 heteroatoms. The molecule has 0 aliphatic carbocycles. The Bertz CT molecular complexity index is 914. The van der Waals surface area contributed by atoms with E-state index in [1.165, 1.54) is 6.07 Å². The van der Waals surface area contributed by atoms with Gasteiger partial charge in [0.05, 0.1) is 10.5 Å². The molecule has 0 aromatic heterocycles. The van der Waals surface area contributed by atoms with Gasteiger partial charge >= 0.3 is 5.97 Å². The Kier molecular flexibility index (Phi) is 6.28. The summed E-state index contributed by atoms with van der Waals surface area (Å²) in [5, 5.41) is 0. The van der Waals surface area contributed by atoms with Gasteiger partial charge in [0.15, 0.2) is 0 Å². The topological polar surface area (TPSA) is 98.5 Å². The highest BCUT2D eigenvalue weighted by Gasteiger charge is 2.18. The zero-order valence-corrected chi connectivity index (χ0v) is 16.9. The van der Waals surface area contributed by atoms with Crippen LogP contribution < -0.4 is 10.5 Å². The number of nitrogen functional groups attached to an aromatic ring is 1. The summed E-state index contributed by atoms with van der Waals surface area (Å²) < 4.78 is 32.8. The number of benzene rings is 2. The van der Waals surface area contributed by atoms with Gasteiger partial charge in [0.2, 0.25) is 10.0 Å². The summed E-state index contributed by atoms with van der Waals surface area (Å²) in [4.78, 5) is 12.2. The maximum atomic E-state index is 12.4. The van der Waals surface area contributed by atoms with Crippen LogP contribution in [0.1, 0.15) is 42.3 Å². The lowest BCUT2D eigenvalue weighted by molar-refractivity contribution is 0.00695. The molecule has 0 saturated heterocycles. The minimum atomic E-state index is -3.63. The highest BCUT2D eigenvalue weighted by Crippen LogP contribution is 2.18. The second-order valence-electron chi connectivity index (χ2n) is 7.37. The van der Waals surface area contributed by atoms with Gasteiger partial charge in [0, 0.05) is 12.2 Å². The molecule has 0 amide bonds. The minimum Gasteiger partial charge on any atom is -0.456 e. The van der Waals surface area contributed by atoms with Crippen molar-refractivity contribution in [1.29, 1.82) is 0 Å². The Balaban J connectivity index is 1.97. The number of carbonyl (C=O) groups is 1. The molecule has 0 unspecified atom stereocenters. The molecular formula is C20H26N2O4S. The monoisotopic (exact) mass is 390 g/mol. The van der Waals surface area contributed by atoms with Crippen molar-refractivity contribution in [2.24, 2.45) is 0 Å². The lowest BCUT2D eigenvalue weighted by Crippen LogP contribution is -2.26. The molecule has 0 saturated carbocycles. The van der Waals surface area contributed by atoms with Crippen LogP contribution in [0.2, 0.25) is 0 Å². The van der Waals surface area contributed by atoms with Crippen LogP contribution in [0.3, 0.4) is 0 Å². The third-order valence-electron chi connectivity index (χ3n) is 3.80. The maximum absolute atomic E-state index is 12.4. The Labute approximate surface area is 160 Å². The van der Waals surface area contributed by atoms with Crippen molar-refractivity contribution in [3.63, 3.8) is 0 Å². The third kappa shape index (κ3) is 6.08. The molecule has 0 atom stereocenters. The lowest BCUT2D eigenvalue weighted by atomic mass is 10.1. The van der Waals surface area contributed by atoms with E-state index in [1.54, 1.807) is 43.3 Å². The molecular weight excluding hydrogens is 364 g/mol. The van der Waals surface area contributed by atoms with Crippen molar-refractivity contribution in [2.45, 2.75) is 44.6 Å². The number of esters is 1. The first-order valence-corrected chi connectivity index (χ1v) is 10.1. The molecule has 2 aromatic carbocycles. The number of ether oxygens (including phenoxy) is 1. The summed E-state index contributed by atoms with van der Waals surface area (Å²) in [5.41, 5.74) is 7.56. The van der Waals surface area contributed by atoms with Crippen LogP contribution in [0.25, 0.3) is 0 Å². The maximum Gasteiger partial charge on any atom is 0.338 e. The van der Waals surface area contributed by atoms with Crippen LogP contribution in [0.4, 0.5) is 5.69 Å². The van der Waals surface area contributed by atoms with E-state index in [9.17, 15) is 13.2 Å². The number of anilines is 1. The molecule has 2 aromatic rings. The molecule has 6 nitrogen and oxygen atoms in total. The summed E-state index contributed by atoms with van der Waals surface area (Å²) in [6.45, 7) is 7.40. The highest BCUT2D eigenvalue weighted by atomic mass is 32.2. The van der Waals surface area contributed by atoms with Crippen LogP contribution in [-0.4, -0.2) is 26.5 Å². The molecule has 0 aliphatic rings. The van der Waals surface area contributed by atoms with E-state index in [4.69, 9.17) is 10.5 Å². The quantitative estimate of drug-likeness (QED) is 0.583. The van der Waals surface area contributed by atoms with E-state index in [-0.39, 0.29) is 17.4 Å². The fourth-order valence-corrected chi connectivity index (χ4v) is 3.77. The van der Waals surface area contributed by atoms with E-state index in [1.807, 2.05) is 20.8 Å². The minimum absolute atomic E-state index is 0.183. The predicted octanol–water partition coefficient (Wildman–Crippen LogP) is 3.05. The lowest BCUT2D eigenvalue weighted by Gasteiger charge is -2.19. The van der Waals surface area contributed by atoms with Gasteiger partial charge in [-0.05, 0) is 69.5 Å². The number of nitrogens with two attached hydrogens (primary N) is 1. The first-order valence-electron chi connectivity index (χ1n) is 8.66. The van der Waals surface area contributed by atoms with Gasteiger partial charge in [-0.25, -0.2) is 17.9 Å². The van der Waals surface area contributed by atoms with Crippen molar-refractivity contribution < 1.29 is 17.9 Å². The Morgan fingerprint density at radius 1 is 1.11 bits per heavy atom. The SMILES string of the molecule is Cc1ccc(N)cc1S(=O)(=O)NCCc1ccc(C(=O)OC(C)(C)C)cc1. The number of hydrogen-bond acceptors (Lipinski definition) is 5. The number of aryl methyl sites for hydroxylation is 1. The second kappa shape index (κ2) is 8.10. The number of nitrogens with one attached hydrogen (secondary N) is 1. The Hall–Kier alpha value is -2.38. The van der Waals surface area contributed by atoms with Crippen LogP contribution in [0, 0.1) is 6.92 Å². The summed E-state index contributed by atoms with van der Waals surface area (Å²) in [6.07, 6.45) is 0.495. The number of sulfonamides is 1. The Morgan fingerprint density at radius 3 is 2.33 bits per heavy atom. The van der Waals surface area contributed by atoms with Crippen LogP contribution in [0.15, 0.2) is 47.4 Å². The average Bonchev–Trinajstić information content (AvgIpc) is 2.56. The first kappa shape index (κ1) is 20.9. The van der Waals surface area contributed by atoms with Crippen LogP contribution in [0.5, 0.6) is 0 Å². The largest absolute Gasteiger partial charge is 0.456 e. The number of carbonyl (C=O) groups excluding carboxylic acids is 1. The molecule has 0 fully saturated rings. The molecule has 2 rings (SSSR count). The predicted molar refractivity (Wildman–Crippen MR) is 106 cm³/mol. The molecule has 0 radical (unpaired) electrons. The van der Waals surface area contributed by atoms with Crippen molar-refractivity contribution in [2.75, 3.05) is 12.3 Å². The van der Waals surface area contributed by atoms with Gasteiger partial charge in [-0.2, -0.15) is 0 Å². The molecule has 146 valence electrons. The highest BCUT2D eigenvalue weighted by molar-refractivity contribution is 7.89. The summed E-state index contributed by atoms with van der Waals surface area (Å²) in [6, 6.07) is 11.7. The van der Waals surface area contributed by atoms with Gasteiger partial charge in [-0.1, -0.05) is 18.2 Å². The molecule has 0 bridgehead atoms. The van der Waals surface area contributed by atoms with Gasteiger partial charge in [-0.3, -0.25) is 0 Å². The molecule has 0 spiro atoms.